The van der Waals surface area contributed by atoms with Crippen LogP contribution in [0.4, 0.5) is 14.5 Å². The van der Waals surface area contributed by atoms with Crippen LogP contribution in [0.3, 0.4) is 0 Å². The largest absolute Gasteiger partial charge is 0.368 e. The van der Waals surface area contributed by atoms with Gasteiger partial charge in [-0.1, -0.05) is 39.0 Å². The average Bonchev–Trinajstić information content (AvgIpc) is 2.83. The molecule has 180 valence electrons. The Morgan fingerprint density at radius 2 is 1.74 bits per heavy atom. The van der Waals surface area contributed by atoms with Crippen LogP contribution in [0.25, 0.3) is 0 Å². The van der Waals surface area contributed by atoms with Gasteiger partial charge in [-0.05, 0) is 35.2 Å². The zero-order chi connectivity index (χ0) is 25.2. The molecule has 0 radical (unpaired) electrons. The van der Waals surface area contributed by atoms with Crippen molar-refractivity contribution in [3.63, 3.8) is 0 Å². The number of benzene rings is 2. The first-order valence-electron chi connectivity index (χ1n) is 10.9. The Hall–Kier alpha value is -3.69. The average molecular weight is 474 g/mol. The number of hydrazine groups is 1. The Bertz CT molecular complexity index is 1080. The number of carbonyl (C=O) groups excluding carboxylic acids is 3. The molecule has 2 amide bonds. The van der Waals surface area contributed by atoms with Crippen LogP contribution in [-0.2, 0) is 20.8 Å². The summed E-state index contributed by atoms with van der Waals surface area (Å²) in [7, 11) is 1.50. The summed E-state index contributed by atoms with van der Waals surface area (Å²) >= 11 is 0. The maximum absolute atomic E-state index is 13.4. The number of hydrogen-bond donors (Lipinski definition) is 2. The van der Waals surface area contributed by atoms with E-state index in [2.05, 4.69) is 10.6 Å². The normalized spacial score (nSPS) is 18.9. The molecule has 3 rings (SSSR count). The topological polar surface area (TPSA) is 98.6 Å². The van der Waals surface area contributed by atoms with Gasteiger partial charge in [-0.2, -0.15) is 0 Å². The highest BCUT2D eigenvalue weighted by Crippen LogP contribution is 2.31. The number of carbonyl (C=O) groups is 3. The molecule has 0 aromatic heterocycles. The summed E-state index contributed by atoms with van der Waals surface area (Å²) in [6.07, 6.45) is -1.86. The van der Waals surface area contributed by atoms with E-state index in [9.17, 15) is 28.1 Å². The first-order valence-corrected chi connectivity index (χ1v) is 10.9. The van der Waals surface area contributed by atoms with Crippen molar-refractivity contribution in [2.45, 2.75) is 45.3 Å². The summed E-state index contributed by atoms with van der Waals surface area (Å²) in [5, 5.41) is 6.26. The number of nitroso groups, excluding NO2 is 1. The standard InChI is InChI=1S/C24H26F2N4O4/c1-13(2)21(27-20(31)11-15-9-16(25)12-17(26)10-15)24(33)28-23-22(32)14(3)18-7-5-6-8-19(18)29(4)30(23)34/h5-10,12-14,21,23H,11H2,1-4H3,(H-,27,28,31,33)/p+1/t14?,21-,23?/m0/s1. The zero-order valence-corrected chi connectivity index (χ0v) is 19.3. The molecule has 0 saturated heterocycles. The SMILES string of the molecule is CC1C(=O)C(NC(=O)[C@@H](NC(=O)Cc2cc(F)cc(F)c2)C(C)C)[N+](=O)N(C)c2ccccc21. The molecule has 0 spiro atoms. The fourth-order valence-electron chi connectivity index (χ4n) is 3.94. The molecule has 3 atom stereocenters. The van der Waals surface area contributed by atoms with Crippen LogP contribution < -0.4 is 15.6 Å². The predicted molar refractivity (Wildman–Crippen MR) is 121 cm³/mol. The number of halogens is 2. The summed E-state index contributed by atoms with van der Waals surface area (Å²) in [6.45, 7) is 5.02. The molecule has 1 heterocycles. The molecular formula is C24H27F2N4O4+. The van der Waals surface area contributed by atoms with Gasteiger partial charge in [0.05, 0.1) is 24.3 Å². The minimum absolute atomic E-state index is 0.107. The third kappa shape index (κ3) is 5.27. The molecule has 2 unspecified atom stereocenters. The van der Waals surface area contributed by atoms with E-state index in [1.807, 2.05) is 0 Å². The molecule has 2 aromatic carbocycles. The number of rotatable bonds is 6. The highest BCUT2D eigenvalue weighted by atomic mass is 19.1. The molecule has 10 heteroatoms. The molecule has 8 nitrogen and oxygen atoms in total. The molecule has 34 heavy (non-hydrogen) atoms. The number of anilines is 1. The van der Waals surface area contributed by atoms with E-state index in [1.54, 1.807) is 45.0 Å². The summed E-state index contributed by atoms with van der Waals surface area (Å²) in [5.74, 6) is -4.55. The minimum Gasteiger partial charge on any atom is -0.344 e. The van der Waals surface area contributed by atoms with Gasteiger partial charge in [-0.25, -0.2) is 8.78 Å². The van der Waals surface area contributed by atoms with Gasteiger partial charge in [-0.15, -0.1) is 5.01 Å². The quantitative estimate of drug-likeness (QED) is 0.629. The van der Waals surface area contributed by atoms with Crippen molar-refractivity contribution in [2.75, 3.05) is 12.1 Å². The van der Waals surface area contributed by atoms with Gasteiger partial charge < -0.3 is 5.32 Å². The summed E-state index contributed by atoms with van der Waals surface area (Å²) in [5.41, 5.74) is 1.31. The number of para-hydroxylation sites is 1. The van der Waals surface area contributed by atoms with Crippen molar-refractivity contribution in [3.8, 4) is 0 Å². The number of amides is 2. The highest BCUT2D eigenvalue weighted by Gasteiger charge is 2.47. The van der Waals surface area contributed by atoms with E-state index in [1.165, 1.54) is 12.1 Å². The number of hydrogen-bond acceptors (Lipinski definition) is 4. The Kier molecular flexibility index (Phi) is 7.38. The number of fused-ring (bicyclic) bond motifs is 1. The number of nitrogens with one attached hydrogen (secondary N) is 2. The molecule has 2 aromatic rings. The lowest BCUT2D eigenvalue weighted by Crippen LogP contribution is -2.58. The van der Waals surface area contributed by atoms with Gasteiger partial charge in [0.15, 0.2) is 4.87 Å². The predicted octanol–water partition coefficient (Wildman–Crippen LogP) is 2.61. The first kappa shape index (κ1) is 24.9. The molecule has 0 fully saturated rings. The maximum atomic E-state index is 13.4. The zero-order valence-electron chi connectivity index (χ0n) is 19.3. The molecule has 2 N–H and O–H groups in total. The van der Waals surface area contributed by atoms with Crippen molar-refractivity contribution in [3.05, 3.63) is 70.1 Å². The van der Waals surface area contributed by atoms with Crippen LogP contribution in [-0.4, -0.2) is 41.7 Å². The van der Waals surface area contributed by atoms with E-state index in [0.29, 0.717) is 22.2 Å². The van der Waals surface area contributed by atoms with Crippen LogP contribution in [0.2, 0.25) is 0 Å². The lowest BCUT2D eigenvalue weighted by Gasteiger charge is -2.23. The monoisotopic (exact) mass is 473 g/mol. The molecule has 0 saturated carbocycles. The summed E-state index contributed by atoms with van der Waals surface area (Å²) < 4.78 is 26.8. The van der Waals surface area contributed by atoms with Gasteiger partial charge in [-0.3, -0.25) is 19.7 Å². The molecule has 1 aliphatic heterocycles. The summed E-state index contributed by atoms with van der Waals surface area (Å²) in [4.78, 5) is 52.0. The molecule has 0 bridgehead atoms. The first-order chi connectivity index (χ1) is 16.0. The lowest BCUT2D eigenvalue weighted by atomic mass is 9.94. The number of ketones is 1. The third-order valence-corrected chi connectivity index (χ3v) is 5.80. The van der Waals surface area contributed by atoms with Crippen LogP contribution in [0.1, 0.15) is 37.8 Å². The van der Waals surface area contributed by atoms with Crippen LogP contribution in [0, 0.1) is 22.5 Å². The smallest absolute Gasteiger partial charge is 0.344 e. The van der Waals surface area contributed by atoms with Crippen molar-refractivity contribution in [1.82, 2.24) is 10.6 Å². The Labute approximate surface area is 195 Å². The van der Waals surface area contributed by atoms with Crippen LogP contribution in [0.15, 0.2) is 42.5 Å². The molecule has 0 aliphatic carbocycles. The minimum atomic E-state index is -1.50. The Morgan fingerprint density at radius 3 is 2.35 bits per heavy atom. The van der Waals surface area contributed by atoms with E-state index in [-0.39, 0.29) is 12.0 Å². The van der Waals surface area contributed by atoms with Gasteiger partial charge in [0.1, 0.15) is 23.4 Å². The Balaban J connectivity index is 1.76. The van der Waals surface area contributed by atoms with Gasteiger partial charge in [0, 0.05) is 6.07 Å². The highest BCUT2D eigenvalue weighted by molar-refractivity contribution is 5.96. The number of nitrogens with zero attached hydrogens (tertiary/aromatic N) is 2. The second-order valence-electron chi connectivity index (χ2n) is 8.66. The summed E-state index contributed by atoms with van der Waals surface area (Å²) in [6, 6.07) is 8.63. The maximum Gasteiger partial charge on any atom is 0.368 e. The third-order valence-electron chi connectivity index (χ3n) is 5.80. The molecule has 1 aliphatic rings. The molecular weight excluding hydrogens is 446 g/mol. The second kappa shape index (κ2) is 10.1. The Morgan fingerprint density at radius 1 is 1.12 bits per heavy atom. The van der Waals surface area contributed by atoms with E-state index in [0.717, 1.165) is 12.1 Å². The van der Waals surface area contributed by atoms with Crippen LogP contribution in [0.5, 0.6) is 0 Å². The van der Waals surface area contributed by atoms with E-state index in [4.69, 9.17) is 0 Å². The number of Topliss-reactive ketones (excluding diaryl/α,β-unsaturated/α-hetero) is 1. The van der Waals surface area contributed by atoms with Crippen molar-refractivity contribution >= 4 is 23.3 Å². The van der Waals surface area contributed by atoms with Crippen molar-refractivity contribution in [1.29, 1.82) is 0 Å². The fraction of sp³-hybridized carbons (Fsp3) is 0.375. The van der Waals surface area contributed by atoms with E-state index < -0.39 is 53.3 Å². The van der Waals surface area contributed by atoms with Crippen molar-refractivity contribution in [2.24, 2.45) is 5.92 Å². The van der Waals surface area contributed by atoms with Gasteiger partial charge in [0.2, 0.25) is 17.6 Å². The van der Waals surface area contributed by atoms with Gasteiger partial charge in [0.25, 0.3) is 0 Å². The van der Waals surface area contributed by atoms with Crippen LogP contribution >= 0.6 is 0 Å². The van der Waals surface area contributed by atoms with E-state index >= 15 is 0 Å². The lowest BCUT2D eigenvalue weighted by molar-refractivity contribution is -0.584. The van der Waals surface area contributed by atoms with Crippen molar-refractivity contribution < 1.29 is 28.0 Å². The fourth-order valence-corrected chi connectivity index (χ4v) is 3.94. The van der Waals surface area contributed by atoms with Gasteiger partial charge >= 0.3 is 6.17 Å². The second-order valence-corrected chi connectivity index (χ2v) is 8.66.